The van der Waals surface area contributed by atoms with E-state index in [1.54, 1.807) is 6.07 Å². The van der Waals surface area contributed by atoms with Gasteiger partial charge in [-0.2, -0.15) is 0 Å². The highest BCUT2D eigenvalue weighted by molar-refractivity contribution is 9.09. The van der Waals surface area contributed by atoms with Gasteiger partial charge in [0.2, 0.25) is 0 Å². The molecule has 0 spiro atoms. The number of aryl methyl sites for hydroxylation is 1. The summed E-state index contributed by atoms with van der Waals surface area (Å²) in [5.74, 6) is 1.28. The van der Waals surface area contributed by atoms with Crippen molar-refractivity contribution in [3.8, 4) is 0 Å². The largest absolute Gasteiger partial charge is 0.352 e. The van der Waals surface area contributed by atoms with Crippen molar-refractivity contribution in [1.82, 2.24) is 5.32 Å². The number of halogens is 2. The molecular formula is C15H19BrClNO. The van der Waals surface area contributed by atoms with Gasteiger partial charge in [-0.15, -0.1) is 0 Å². The molecular weight excluding hydrogens is 326 g/mol. The zero-order valence-electron chi connectivity index (χ0n) is 11.1. The van der Waals surface area contributed by atoms with Crippen molar-refractivity contribution < 1.29 is 4.79 Å². The Balaban J connectivity index is 1.96. The van der Waals surface area contributed by atoms with Crippen molar-refractivity contribution in [2.75, 3.05) is 11.9 Å². The van der Waals surface area contributed by atoms with Crippen molar-refractivity contribution in [2.45, 2.75) is 26.2 Å². The van der Waals surface area contributed by atoms with Crippen LogP contribution in [0.25, 0.3) is 0 Å². The van der Waals surface area contributed by atoms with Crippen LogP contribution in [-0.2, 0) is 0 Å². The normalized spacial score (nSPS) is 22.5. The molecule has 2 unspecified atom stereocenters. The standard InChI is InChI=1S/C15H19BrClNO/c1-10-5-6-13(17)7-14(10)15(19)18-9-12-4-2-3-11(12)8-16/h5-7,11-12H,2-4,8-9H2,1H3,(H,18,19). The number of alkyl halides is 1. The Morgan fingerprint density at radius 2 is 2.16 bits per heavy atom. The minimum absolute atomic E-state index is 0.0137. The molecule has 2 nitrogen and oxygen atoms in total. The highest BCUT2D eigenvalue weighted by Gasteiger charge is 2.26. The first kappa shape index (κ1) is 14.9. The van der Waals surface area contributed by atoms with Crippen molar-refractivity contribution in [2.24, 2.45) is 11.8 Å². The lowest BCUT2D eigenvalue weighted by Crippen LogP contribution is -2.31. The summed E-state index contributed by atoms with van der Waals surface area (Å²) < 4.78 is 0. The highest BCUT2D eigenvalue weighted by atomic mass is 79.9. The molecule has 0 aliphatic heterocycles. The minimum atomic E-state index is -0.0137. The Labute approximate surface area is 128 Å². The average molecular weight is 345 g/mol. The molecule has 0 heterocycles. The van der Waals surface area contributed by atoms with Crippen LogP contribution in [0.2, 0.25) is 5.02 Å². The summed E-state index contributed by atoms with van der Waals surface area (Å²) in [4.78, 5) is 12.2. The van der Waals surface area contributed by atoms with Gasteiger partial charge in [0, 0.05) is 22.5 Å². The molecule has 1 saturated carbocycles. The van der Waals surface area contributed by atoms with Crippen LogP contribution in [0.5, 0.6) is 0 Å². The van der Waals surface area contributed by atoms with Crippen LogP contribution in [0.15, 0.2) is 18.2 Å². The molecule has 1 N–H and O–H groups in total. The molecule has 0 bridgehead atoms. The van der Waals surface area contributed by atoms with Gasteiger partial charge in [-0.05, 0) is 49.3 Å². The Kier molecular flexibility index (Phi) is 5.28. The number of carbonyl (C=O) groups is 1. The number of benzene rings is 1. The van der Waals surface area contributed by atoms with Crippen molar-refractivity contribution in [3.63, 3.8) is 0 Å². The zero-order valence-corrected chi connectivity index (χ0v) is 13.4. The third kappa shape index (κ3) is 3.73. The van der Waals surface area contributed by atoms with Crippen LogP contribution in [0.3, 0.4) is 0 Å². The van der Waals surface area contributed by atoms with Crippen LogP contribution in [0, 0.1) is 18.8 Å². The first-order valence-corrected chi connectivity index (χ1v) is 8.22. The molecule has 1 aromatic carbocycles. The highest BCUT2D eigenvalue weighted by Crippen LogP contribution is 2.32. The first-order chi connectivity index (χ1) is 9.11. The molecule has 4 heteroatoms. The Morgan fingerprint density at radius 1 is 1.42 bits per heavy atom. The summed E-state index contributed by atoms with van der Waals surface area (Å²) in [5, 5.41) is 4.69. The summed E-state index contributed by atoms with van der Waals surface area (Å²) in [6.07, 6.45) is 3.75. The number of hydrogen-bond acceptors (Lipinski definition) is 1. The molecule has 2 atom stereocenters. The Morgan fingerprint density at radius 3 is 2.89 bits per heavy atom. The van der Waals surface area contributed by atoms with Crippen LogP contribution < -0.4 is 5.32 Å². The van der Waals surface area contributed by atoms with Gasteiger partial charge in [-0.25, -0.2) is 0 Å². The van der Waals surface area contributed by atoms with Crippen molar-refractivity contribution in [1.29, 1.82) is 0 Å². The van der Waals surface area contributed by atoms with E-state index < -0.39 is 0 Å². The van der Waals surface area contributed by atoms with E-state index in [0.29, 0.717) is 22.4 Å². The number of amides is 1. The van der Waals surface area contributed by atoms with Crippen molar-refractivity contribution in [3.05, 3.63) is 34.3 Å². The molecule has 104 valence electrons. The van der Waals surface area contributed by atoms with Crippen LogP contribution in [-0.4, -0.2) is 17.8 Å². The molecule has 1 aromatic rings. The number of carbonyl (C=O) groups excluding carboxylic acids is 1. The van der Waals surface area contributed by atoms with Gasteiger partial charge < -0.3 is 5.32 Å². The van der Waals surface area contributed by atoms with E-state index in [0.717, 1.165) is 17.4 Å². The maximum Gasteiger partial charge on any atom is 0.251 e. The number of nitrogens with one attached hydrogen (secondary N) is 1. The summed E-state index contributed by atoms with van der Waals surface area (Å²) in [7, 11) is 0. The second-order valence-corrected chi connectivity index (χ2v) is 6.36. The zero-order chi connectivity index (χ0) is 13.8. The third-order valence-corrected chi connectivity index (χ3v) is 5.05. The van der Waals surface area contributed by atoms with E-state index in [-0.39, 0.29) is 5.91 Å². The van der Waals surface area contributed by atoms with E-state index in [1.807, 2.05) is 19.1 Å². The number of hydrogen-bond donors (Lipinski definition) is 1. The van der Waals surface area contributed by atoms with Gasteiger partial charge in [-0.1, -0.05) is 40.0 Å². The SMILES string of the molecule is Cc1ccc(Cl)cc1C(=O)NCC1CCCC1CBr. The maximum atomic E-state index is 12.2. The molecule has 1 aliphatic carbocycles. The average Bonchev–Trinajstić information content (AvgIpc) is 2.86. The van der Waals surface area contributed by atoms with Crippen LogP contribution in [0.1, 0.15) is 35.2 Å². The van der Waals surface area contributed by atoms with Gasteiger partial charge >= 0.3 is 0 Å². The number of rotatable bonds is 4. The lowest BCUT2D eigenvalue weighted by molar-refractivity contribution is 0.0944. The van der Waals surface area contributed by atoms with Crippen LogP contribution in [0.4, 0.5) is 0 Å². The third-order valence-electron chi connectivity index (χ3n) is 3.98. The predicted octanol–water partition coefficient (Wildman–Crippen LogP) is 4.19. The quantitative estimate of drug-likeness (QED) is 0.815. The van der Waals surface area contributed by atoms with Gasteiger partial charge in [-0.3, -0.25) is 4.79 Å². The fourth-order valence-electron chi connectivity index (χ4n) is 2.74. The van der Waals surface area contributed by atoms with E-state index >= 15 is 0 Å². The van der Waals surface area contributed by atoms with E-state index in [9.17, 15) is 4.79 Å². The molecule has 1 fully saturated rings. The molecule has 2 rings (SSSR count). The lowest BCUT2D eigenvalue weighted by Gasteiger charge is -2.18. The monoisotopic (exact) mass is 343 g/mol. The smallest absolute Gasteiger partial charge is 0.251 e. The fraction of sp³-hybridized carbons (Fsp3) is 0.533. The second kappa shape index (κ2) is 6.76. The van der Waals surface area contributed by atoms with Gasteiger partial charge in [0.15, 0.2) is 0 Å². The Hall–Kier alpha value is -0.540. The van der Waals surface area contributed by atoms with E-state index in [4.69, 9.17) is 11.6 Å². The minimum Gasteiger partial charge on any atom is -0.352 e. The molecule has 0 saturated heterocycles. The molecule has 0 radical (unpaired) electrons. The van der Waals surface area contributed by atoms with Crippen molar-refractivity contribution >= 4 is 33.4 Å². The van der Waals surface area contributed by atoms with Crippen LogP contribution >= 0.6 is 27.5 Å². The molecule has 19 heavy (non-hydrogen) atoms. The summed E-state index contributed by atoms with van der Waals surface area (Å²) in [6, 6.07) is 5.43. The second-order valence-electron chi connectivity index (χ2n) is 5.27. The topological polar surface area (TPSA) is 29.1 Å². The summed E-state index contributed by atoms with van der Waals surface area (Å²) in [5.41, 5.74) is 1.64. The summed E-state index contributed by atoms with van der Waals surface area (Å²) in [6.45, 7) is 2.70. The lowest BCUT2D eigenvalue weighted by atomic mass is 9.98. The maximum absolute atomic E-state index is 12.2. The molecule has 0 aromatic heterocycles. The van der Waals surface area contributed by atoms with Gasteiger partial charge in [0.1, 0.15) is 0 Å². The Bertz CT molecular complexity index is 463. The van der Waals surface area contributed by atoms with E-state index in [2.05, 4.69) is 21.2 Å². The fourth-order valence-corrected chi connectivity index (χ4v) is 3.77. The first-order valence-electron chi connectivity index (χ1n) is 6.72. The predicted molar refractivity (Wildman–Crippen MR) is 83.1 cm³/mol. The van der Waals surface area contributed by atoms with Gasteiger partial charge in [0.25, 0.3) is 5.91 Å². The van der Waals surface area contributed by atoms with Gasteiger partial charge in [0.05, 0.1) is 0 Å². The summed E-state index contributed by atoms with van der Waals surface area (Å²) >= 11 is 9.51. The van der Waals surface area contributed by atoms with E-state index in [1.165, 1.54) is 19.3 Å². The molecule has 1 amide bonds. The molecule has 1 aliphatic rings.